The molecule has 92 valence electrons. The quantitative estimate of drug-likeness (QED) is 0.774. The third kappa shape index (κ3) is 2.22. The molecule has 1 aliphatic carbocycles. The van der Waals surface area contributed by atoms with Crippen LogP contribution in [-0.4, -0.2) is 28.7 Å². The monoisotopic (exact) mass is 305 g/mol. The van der Waals surface area contributed by atoms with Gasteiger partial charge in [-0.2, -0.15) is 10.1 Å². The maximum atomic E-state index is 12.4. The van der Waals surface area contributed by atoms with E-state index in [1.54, 1.807) is 6.21 Å². The Kier molecular flexibility index (Phi) is 2.99. The van der Waals surface area contributed by atoms with E-state index in [0.717, 1.165) is 18.5 Å². The smallest absolute Gasteiger partial charge is 0.279 e. The first-order valence-corrected chi connectivity index (χ1v) is 6.82. The first-order chi connectivity index (χ1) is 8.75. The predicted octanol–water partition coefficient (Wildman–Crippen LogP) is 2.39. The van der Waals surface area contributed by atoms with Gasteiger partial charge in [0.05, 0.1) is 16.6 Å². The van der Waals surface area contributed by atoms with E-state index < -0.39 is 0 Å². The summed E-state index contributed by atoms with van der Waals surface area (Å²) >= 11 is 3.42. The van der Waals surface area contributed by atoms with Gasteiger partial charge < -0.3 is 0 Å². The second kappa shape index (κ2) is 4.65. The van der Waals surface area contributed by atoms with E-state index in [4.69, 9.17) is 0 Å². The van der Waals surface area contributed by atoms with Crippen LogP contribution in [0.5, 0.6) is 0 Å². The molecule has 2 aliphatic rings. The topological polar surface area (TPSA) is 45.0 Å². The molecule has 5 heteroatoms. The lowest BCUT2D eigenvalue weighted by Gasteiger charge is -2.23. The number of carbonyl (C=O) groups is 1. The van der Waals surface area contributed by atoms with Crippen molar-refractivity contribution >= 4 is 39.5 Å². The minimum atomic E-state index is -0.175. The molecule has 1 heterocycles. The number of alkyl halides is 1. The molecule has 1 saturated carbocycles. The Bertz CT molecular complexity index is 522. The van der Waals surface area contributed by atoms with Crippen molar-refractivity contribution in [3.63, 3.8) is 0 Å². The number of aliphatic imine (C=N–C) groups is 1. The highest BCUT2D eigenvalue weighted by atomic mass is 79.9. The van der Waals surface area contributed by atoms with Gasteiger partial charge in [-0.25, -0.2) is 0 Å². The predicted molar refractivity (Wildman–Crippen MR) is 75.6 cm³/mol. The molecule has 1 aliphatic heterocycles. The summed E-state index contributed by atoms with van der Waals surface area (Å²) in [6, 6.07) is 9.73. The van der Waals surface area contributed by atoms with Gasteiger partial charge >= 0.3 is 0 Å². The maximum absolute atomic E-state index is 12.4. The molecule has 18 heavy (non-hydrogen) atoms. The minimum absolute atomic E-state index is 0.141. The van der Waals surface area contributed by atoms with Gasteiger partial charge in [-0.1, -0.05) is 34.1 Å². The largest absolute Gasteiger partial charge is 0.294 e. The number of nitrogens with zero attached hydrogens (tertiary/aromatic N) is 3. The molecule has 1 aromatic carbocycles. The van der Waals surface area contributed by atoms with Crippen molar-refractivity contribution in [3.8, 4) is 0 Å². The van der Waals surface area contributed by atoms with Crippen LogP contribution in [0, 0.1) is 0 Å². The molecule has 0 bridgehead atoms. The van der Waals surface area contributed by atoms with Crippen molar-refractivity contribution in [1.29, 1.82) is 0 Å². The van der Waals surface area contributed by atoms with Gasteiger partial charge in [-0.3, -0.25) is 9.79 Å². The van der Waals surface area contributed by atoms with Gasteiger partial charge in [-0.15, -0.1) is 0 Å². The molecule has 4 nitrogen and oxygen atoms in total. The van der Waals surface area contributed by atoms with E-state index in [9.17, 15) is 4.79 Å². The van der Waals surface area contributed by atoms with Crippen molar-refractivity contribution in [2.45, 2.75) is 23.7 Å². The Labute approximate surface area is 114 Å². The fourth-order valence-corrected chi connectivity index (χ4v) is 2.17. The summed E-state index contributed by atoms with van der Waals surface area (Å²) in [4.78, 5) is 16.6. The van der Waals surface area contributed by atoms with Crippen LogP contribution in [0.15, 0.2) is 40.4 Å². The van der Waals surface area contributed by atoms with Crippen LogP contribution in [0.25, 0.3) is 0 Å². The fraction of sp³-hybridized carbons (Fsp3) is 0.308. The number of halogens is 1. The SMILES string of the molecule is O=C1C(=NC2CC2)C(Br)C=NN1c1ccccc1. The van der Waals surface area contributed by atoms with Gasteiger partial charge in [0.1, 0.15) is 5.71 Å². The lowest BCUT2D eigenvalue weighted by atomic mass is 10.2. The number of hydrogen-bond donors (Lipinski definition) is 0. The summed E-state index contributed by atoms with van der Waals surface area (Å²) in [7, 11) is 0. The highest BCUT2D eigenvalue weighted by Gasteiger charge is 2.32. The Balaban J connectivity index is 1.93. The van der Waals surface area contributed by atoms with Gasteiger partial charge in [0.15, 0.2) is 0 Å². The van der Waals surface area contributed by atoms with E-state index in [-0.39, 0.29) is 10.7 Å². The number of anilines is 1. The third-order valence-corrected chi connectivity index (χ3v) is 3.53. The molecule has 1 aromatic rings. The van der Waals surface area contributed by atoms with Crippen LogP contribution in [-0.2, 0) is 4.79 Å². The molecule has 0 aromatic heterocycles. The lowest BCUT2D eigenvalue weighted by molar-refractivity contribution is -0.112. The molecule has 3 rings (SSSR count). The minimum Gasteiger partial charge on any atom is -0.279 e. The fourth-order valence-electron chi connectivity index (χ4n) is 1.75. The molecule has 0 spiro atoms. The summed E-state index contributed by atoms with van der Waals surface area (Å²) in [6.07, 6.45) is 3.87. The lowest BCUT2D eigenvalue weighted by Crippen LogP contribution is -2.42. The summed E-state index contributed by atoms with van der Waals surface area (Å²) in [6.45, 7) is 0. The zero-order chi connectivity index (χ0) is 12.5. The van der Waals surface area contributed by atoms with E-state index in [1.807, 2.05) is 30.3 Å². The van der Waals surface area contributed by atoms with Crippen LogP contribution < -0.4 is 5.01 Å². The van der Waals surface area contributed by atoms with Crippen molar-refractivity contribution in [1.82, 2.24) is 0 Å². The average molecular weight is 306 g/mol. The first kappa shape index (κ1) is 11.6. The molecule has 1 unspecified atom stereocenters. The normalized spacial score (nSPS) is 25.8. The van der Waals surface area contributed by atoms with Crippen molar-refractivity contribution < 1.29 is 4.79 Å². The Morgan fingerprint density at radius 2 is 2.00 bits per heavy atom. The highest BCUT2D eigenvalue weighted by Crippen LogP contribution is 2.26. The second-order valence-electron chi connectivity index (χ2n) is 4.36. The van der Waals surface area contributed by atoms with E-state index in [1.165, 1.54) is 5.01 Å². The standard InChI is InChI=1S/C13H12BrN3O/c14-11-8-15-17(10-4-2-1-3-5-10)13(18)12(11)16-9-6-7-9/h1-5,8-9,11H,6-7H2. The molecule has 0 radical (unpaired) electrons. The molecular formula is C13H12BrN3O. The summed E-state index contributed by atoms with van der Waals surface area (Å²) < 4.78 is 0. The van der Waals surface area contributed by atoms with Crippen LogP contribution in [0.4, 0.5) is 5.69 Å². The highest BCUT2D eigenvalue weighted by molar-refractivity contribution is 9.10. The maximum Gasteiger partial charge on any atom is 0.294 e. The molecule has 0 saturated heterocycles. The van der Waals surface area contributed by atoms with Crippen molar-refractivity contribution in [3.05, 3.63) is 30.3 Å². The van der Waals surface area contributed by atoms with E-state index in [2.05, 4.69) is 26.0 Å². The third-order valence-electron chi connectivity index (χ3n) is 2.86. The number of carbonyl (C=O) groups excluding carboxylic acids is 1. The van der Waals surface area contributed by atoms with Crippen LogP contribution in [0.3, 0.4) is 0 Å². The molecular weight excluding hydrogens is 294 g/mol. The number of amides is 1. The van der Waals surface area contributed by atoms with Crippen LogP contribution >= 0.6 is 15.9 Å². The van der Waals surface area contributed by atoms with Gasteiger partial charge in [0, 0.05) is 6.21 Å². The Morgan fingerprint density at radius 1 is 1.28 bits per heavy atom. The number of benzene rings is 1. The first-order valence-electron chi connectivity index (χ1n) is 5.91. The zero-order valence-corrected chi connectivity index (χ0v) is 11.2. The van der Waals surface area contributed by atoms with Crippen molar-refractivity contribution in [2.24, 2.45) is 10.1 Å². The number of hydrazone groups is 1. The molecule has 1 fully saturated rings. The number of hydrogen-bond acceptors (Lipinski definition) is 3. The number of rotatable bonds is 2. The Hall–Kier alpha value is -1.49. The van der Waals surface area contributed by atoms with Crippen LogP contribution in [0.2, 0.25) is 0 Å². The average Bonchev–Trinajstić information content (AvgIpc) is 3.20. The molecule has 0 N–H and O–H groups in total. The number of para-hydroxylation sites is 1. The van der Waals surface area contributed by atoms with Gasteiger partial charge in [-0.05, 0) is 25.0 Å². The molecule has 1 atom stereocenters. The summed E-state index contributed by atoms with van der Waals surface area (Å²) in [5, 5.41) is 5.57. The van der Waals surface area contributed by atoms with Crippen LogP contribution in [0.1, 0.15) is 12.8 Å². The van der Waals surface area contributed by atoms with E-state index >= 15 is 0 Å². The van der Waals surface area contributed by atoms with E-state index in [0.29, 0.717) is 11.8 Å². The van der Waals surface area contributed by atoms with Gasteiger partial charge in [0.2, 0.25) is 0 Å². The summed E-state index contributed by atoms with van der Waals surface area (Å²) in [5.74, 6) is -0.141. The van der Waals surface area contributed by atoms with Crippen molar-refractivity contribution in [2.75, 3.05) is 5.01 Å². The molecule has 1 amide bonds. The zero-order valence-electron chi connectivity index (χ0n) is 9.66. The second-order valence-corrected chi connectivity index (χ2v) is 5.35. The Morgan fingerprint density at radius 3 is 2.67 bits per heavy atom. The van der Waals surface area contributed by atoms with Gasteiger partial charge in [0.25, 0.3) is 5.91 Å². The summed E-state index contributed by atoms with van der Waals surface area (Å²) in [5.41, 5.74) is 1.32.